The van der Waals surface area contributed by atoms with Gasteiger partial charge in [-0.25, -0.2) is 28.2 Å². The molecule has 3 aromatic heterocycles. The number of benzene rings is 3. The summed E-state index contributed by atoms with van der Waals surface area (Å²) >= 11 is 0. The van der Waals surface area contributed by atoms with E-state index in [0.717, 1.165) is 18.4 Å². The number of hydrogen-bond donors (Lipinski definition) is 2. The number of pyridine rings is 1. The highest BCUT2D eigenvalue weighted by Crippen LogP contribution is 2.45. The number of carbonyl (C=O) groups is 1. The first-order valence-corrected chi connectivity index (χ1v) is 16.5. The molecule has 0 amide bonds. The van der Waals surface area contributed by atoms with Gasteiger partial charge in [0.05, 0.1) is 34.0 Å². The molecule has 12 heteroatoms. The molecule has 3 aromatic carbocycles. The van der Waals surface area contributed by atoms with Crippen molar-refractivity contribution < 1.29 is 23.4 Å². The summed E-state index contributed by atoms with van der Waals surface area (Å²) in [5.41, 5.74) is 3.90. The van der Waals surface area contributed by atoms with Crippen molar-refractivity contribution in [3.8, 4) is 17.1 Å². The van der Waals surface area contributed by atoms with E-state index in [0.29, 0.717) is 51.7 Å². The Labute approximate surface area is 290 Å². The molecule has 1 fully saturated rings. The van der Waals surface area contributed by atoms with E-state index in [2.05, 4.69) is 15.3 Å². The third-order valence-electron chi connectivity index (χ3n) is 8.27. The van der Waals surface area contributed by atoms with Crippen LogP contribution in [0.25, 0.3) is 22.3 Å². The van der Waals surface area contributed by atoms with Crippen LogP contribution in [0.5, 0.6) is 5.88 Å². The number of aryl methyl sites for hydroxylation is 1. The molecule has 0 bridgehead atoms. The summed E-state index contributed by atoms with van der Waals surface area (Å²) in [7, 11) is 0. The van der Waals surface area contributed by atoms with E-state index in [1.807, 2.05) is 56.1 Å². The van der Waals surface area contributed by atoms with E-state index in [9.17, 15) is 14.3 Å². The van der Waals surface area contributed by atoms with Gasteiger partial charge in [-0.2, -0.15) is 0 Å². The number of carboxylic acids is 1. The lowest BCUT2D eigenvalue weighted by molar-refractivity contribution is 0.0697. The molecule has 3 heterocycles. The van der Waals surface area contributed by atoms with Crippen molar-refractivity contribution in [2.75, 3.05) is 0 Å². The molecule has 0 aliphatic heterocycles. The number of fused-ring (bicyclic) bond motifs is 1. The van der Waals surface area contributed by atoms with Gasteiger partial charge < -0.3 is 20.6 Å². The molecule has 1 aliphatic rings. The van der Waals surface area contributed by atoms with Gasteiger partial charge in [0.25, 0.3) is 0 Å². The summed E-state index contributed by atoms with van der Waals surface area (Å²) in [5, 5.41) is 17.8. The zero-order valence-corrected chi connectivity index (χ0v) is 29.0. The maximum Gasteiger partial charge on any atom is 0.335 e. The smallest absolute Gasteiger partial charge is 0.335 e. The molecule has 0 radical (unpaired) electrons. The largest absolute Gasteiger partial charge is 0.478 e. The van der Waals surface area contributed by atoms with Crippen molar-refractivity contribution in [2.24, 2.45) is 0 Å². The maximum absolute atomic E-state index is 15.7. The predicted molar refractivity (Wildman–Crippen MR) is 190 cm³/mol. The summed E-state index contributed by atoms with van der Waals surface area (Å²) in [6.45, 7) is 10.3. The van der Waals surface area contributed by atoms with Gasteiger partial charge in [0.2, 0.25) is 5.88 Å². The second-order valence-electron chi connectivity index (χ2n) is 11.4. The third kappa shape index (κ3) is 8.03. The van der Waals surface area contributed by atoms with Gasteiger partial charge in [0.15, 0.2) is 0 Å². The minimum absolute atomic E-state index is 0. The lowest BCUT2D eigenvalue weighted by Gasteiger charge is -2.19. The van der Waals surface area contributed by atoms with Crippen LogP contribution in [-0.2, 0) is 25.1 Å². The molecule has 1 aliphatic carbocycles. The molecule has 4 N–H and O–H groups in total. The number of carboxylic acid groups (broad SMARTS) is 1. The Morgan fingerprint density at radius 1 is 0.920 bits per heavy atom. The van der Waals surface area contributed by atoms with Crippen LogP contribution in [0.1, 0.15) is 73.4 Å². The molecular weight excluding hydrogens is 640 g/mol. The highest BCUT2D eigenvalue weighted by atomic mass is 19.1. The molecule has 1 saturated carbocycles. The minimum Gasteiger partial charge on any atom is -0.478 e. The monoisotopic (exact) mass is 683 g/mol. The molecule has 0 atom stereocenters. The lowest BCUT2D eigenvalue weighted by atomic mass is 10.1. The van der Waals surface area contributed by atoms with Crippen LogP contribution in [-0.4, -0.2) is 40.6 Å². The Hall–Kier alpha value is -5.49. The first-order chi connectivity index (χ1) is 23.8. The first-order valence-electron chi connectivity index (χ1n) is 16.5. The zero-order valence-electron chi connectivity index (χ0n) is 29.0. The summed E-state index contributed by atoms with van der Waals surface area (Å²) in [4.78, 5) is 21.1. The second-order valence-corrected chi connectivity index (χ2v) is 11.4. The van der Waals surface area contributed by atoms with Crippen molar-refractivity contribution in [3.05, 3.63) is 125 Å². The average molecular weight is 684 g/mol. The summed E-state index contributed by atoms with van der Waals surface area (Å²) in [6.07, 6.45) is 5.41. The molecule has 10 nitrogen and oxygen atoms in total. The Bertz CT molecular complexity index is 2060. The zero-order chi connectivity index (χ0) is 35.1. The van der Waals surface area contributed by atoms with E-state index in [1.54, 1.807) is 54.7 Å². The van der Waals surface area contributed by atoms with E-state index < -0.39 is 11.8 Å². The van der Waals surface area contributed by atoms with Gasteiger partial charge in [-0.05, 0) is 67.3 Å². The van der Waals surface area contributed by atoms with Crippen LogP contribution in [0.3, 0.4) is 0 Å². The predicted octanol–water partition coefficient (Wildman–Crippen LogP) is 8.55. The van der Waals surface area contributed by atoms with Crippen LogP contribution in [0.4, 0.5) is 8.78 Å². The van der Waals surface area contributed by atoms with E-state index >= 15 is 4.39 Å². The molecule has 262 valence electrons. The number of halogens is 2. The molecule has 0 unspecified atom stereocenters. The van der Waals surface area contributed by atoms with Crippen molar-refractivity contribution >= 4 is 17.0 Å². The SMILES string of the molecule is CC.CC.Cc1ccc(COc2cccc(-c3ccc(Cc4nc5ccc(C(=O)O)cc5n4CC4(n5ccnn5)CC4)c(F)c3)n2)c(F)c1.N. The summed E-state index contributed by atoms with van der Waals surface area (Å²) in [5.74, 6) is -0.888. The third-order valence-corrected chi connectivity index (χ3v) is 8.27. The van der Waals surface area contributed by atoms with Gasteiger partial charge in [-0.15, -0.1) is 5.10 Å². The second kappa shape index (κ2) is 16.3. The van der Waals surface area contributed by atoms with Crippen LogP contribution < -0.4 is 10.9 Å². The Balaban J connectivity index is 0.00000109. The highest BCUT2D eigenvalue weighted by Gasteiger charge is 2.46. The molecule has 6 aromatic rings. The molecular formula is C38H43F2N7O3. The van der Waals surface area contributed by atoms with Crippen LogP contribution in [0.15, 0.2) is 85.2 Å². The van der Waals surface area contributed by atoms with Gasteiger partial charge in [0.1, 0.15) is 24.1 Å². The fraction of sp³-hybridized carbons (Fsp3) is 0.289. The normalized spacial score (nSPS) is 12.5. The van der Waals surface area contributed by atoms with Crippen molar-refractivity contribution in [1.29, 1.82) is 0 Å². The highest BCUT2D eigenvalue weighted by molar-refractivity contribution is 5.92. The fourth-order valence-electron chi connectivity index (χ4n) is 5.57. The number of aromatic carboxylic acids is 1. The van der Waals surface area contributed by atoms with Crippen LogP contribution in [0.2, 0.25) is 0 Å². The Morgan fingerprint density at radius 3 is 2.32 bits per heavy atom. The summed E-state index contributed by atoms with van der Waals surface area (Å²) < 4.78 is 39.5. The molecule has 0 spiro atoms. The molecule has 50 heavy (non-hydrogen) atoms. The van der Waals surface area contributed by atoms with E-state index in [1.165, 1.54) is 18.2 Å². The quantitative estimate of drug-likeness (QED) is 0.146. The Morgan fingerprint density at radius 2 is 1.66 bits per heavy atom. The van der Waals surface area contributed by atoms with Crippen molar-refractivity contribution in [3.63, 3.8) is 0 Å². The van der Waals surface area contributed by atoms with E-state index in [4.69, 9.17) is 9.72 Å². The van der Waals surface area contributed by atoms with Gasteiger partial charge in [-0.1, -0.05) is 63.2 Å². The topological polar surface area (TPSA) is 143 Å². The molecule has 0 saturated heterocycles. The maximum atomic E-state index is 15.7. The number of rotatable bonds is 10. The molecule has 7 rings (SSSR count). The van der Waals surface area contributed by atoms with Gasteiger partial charge >= 0.3 is 5.97 Å². The van der Waals surface area contributed by atoms with Crippen LogP contribution >= 0.6 is 0 Å². The van der Waals surface area contributed by atoms with Gasteiger partial charge in [-0.3, -0.25) is 0 Å². The fourth-order valence-corrected chi connectivity index (χ4v) is 5.57. The van der Waals surface area contributed by atoms with Crippen molar-refractivity contribution in [1.82, 2.24) is 35.7 Å². The average Bonchev–Trinajstić information content (AvgIpc) is 3.52. The first kappa shape index (κ1) is 37.3. The standard InChI is InChI=1S/C34H28F2N6O3.2C2H6.H3N/c1-21-5-6-25(26(35)15-21)19-45-32-4-2-3-28(39-32)23-8-7-22(27(36)16-23)18-31-38-29-10-9-24(33(43)44)17-30(29)41(31)20-34(11-12-34)42-14-13-37-40-42;2*1-2;/h2-10,13-17H,11-12,18-20H2,1H3,(H,43,44);2*1-2H3;1H3. The number of ether oxygens (including phenoxy) is 1. The minimum atomic E-state index is -1.03. The number of nitrogens with zero attached hydrogens (tertiary/aromatic N) is 6. The van der Waals surface area contributed by atoms with Gasteiger partial charge in [0, 0.05) is 36.4 Å². The number of imidazole rings is 1. The Kier molecular flexibility index (Phi) is 12.1. The number of hydrogen-bond acceptors (Lipinski definition) is 7. The van der Waals surface area contributed by atoms with E-state index in [-0.39, 0.29) is 36.1 Å². The van der Waals surface area contributed by atoms with Crippen molar-refractivity contribution in [2.45, 2.75) is 72.6 Å². The summed E-state index contributed by atoms with van der Waals surface area (Å²) in [6, 6.07) is 19.9. The van der Waals surface area contributed by atoms with Crippen LogP contribution in [0, 0.1) is 18.6 Å². The lowest BCUT2D eigenvalue weighted by Crippen LogP contribution is -2.25. The number of aromatic nitrogens is 6.